The topological polar surface area (TPSA) is 93.1 Å². The van der Waals surface area contributed by atoms with Crippen molar-refractivity contribution in [1.82, 2.24) is 0 Å². The molecule has 0 aromatic rings. The van der Waals surface area contributed by atoms with Gasteiger partial charge in [-0.05, 0) is 26.7 Å². The van der Waals surface area contributed by atoms with Crippen molar-refractivity contribution in [3.05, 3.63) is 0 Å². The van der Waals surface area contributed by atoms with Crippen LogP contribution in [0.25, 0.3) is 0 Å². The Bertz CT molecular complexity index is 252. The first-order valence-electron chi connectivity index (χ1n) is 8.08. The Labute approximate surface area is 133 Å². The van der Waals surface area contributed by atoms with Gasteiger partial charge in [-0.25, -0.2) is 0 Å². The summed E-state index contributed by atoms with van der Waals surface area (Å²) in [5.41, 5.74) is 0. The van der Waals surface area contributed by atoms with Gasteiger partial charge in [0.1, 0.15) is 0 Å². The first-order valence-corrected chi connectivity index (χ1v) is 8.08. The predicted molar refractivity (Wildman–Crippen MR) is 84.3 cm³/mol. The summed E-state index contributed by atoms with van der Waals surface area (Å²) < 4.78 is 9.32. The first kappa shape index (κ1) is 23.1. The molecule has 6 nitrogen and oxygen atoms in total. The highest BCUT2D eigenvalue weighted by atomic mass is 16.5. The number of rotatable bonds is 10. The Morgan fingerprint density at radius 1 is 0.773 bits per heavy atom. The molecule has 6 heteroatoms. The van der Waals surface area contributed by atoms with Gasteiger partial charge >= 0.3 is 11.9 Å². The third kappa shape index (κ3) is 16.9. The van der Waals surface area contributed by atoms with E-state index in [1.54, 1.807) is 13.8 Å². The zero-order valence-electron chi connectivity index (χ0n) is 14.3. The minimum Gasteiger partial charge on any atom is -0.466 e. The summed E-state index contributed by atoms with van der Waals surface area (Å²) in [6, 6.07) is 0. The Hall–Kier alpha value is -1.14. The van der Waals surface area contributed by atoms with E-state index in [0.29, 0.717) is 26.1 Å². The molecule has 2 unspecified atom stereocenters. The molecule has 0 aromatic heterocycles. The van der Waals surface area contributed by atoms with Gasteiger partial charge in [-0.3, -0.25) is 9.59 Å². The molecule has 0 saturated heterocycles. The quantitative estimate of drug-likeness (QED) is 0.599. The number of carbonyl (C=O) groups is 2. The van der Waals surface area contributed by atoms with Crippen LogP contribution in [-0.4, -0.2) is 47.6 Å². The Morgan fingerprint density at radius 3 is 1.32 bits per heavy atom. The van der Waals surface area contributed by atoms with E-state index in [2.05, 4.69) is 9.47 Å². The average molecular weight is 320 g/mol. The molecule has 0 rings (SSSR count). The second-order valence-electron chi connectivity index (χ2n) is 4.90. The van der Waals surface area contributed by atoms with Gasteiger partial charge in [0.05, 0.1) is 38.3 Å². The fourth-order valence-electron chi connectivity index (χ4n) is 1.70. The number of hydrogen-bond donors (Lipinski definition) is 2. The molecule has 0 fully saturated rings. The number of hydrogen-bond acceptors (Lipinski definition) is 6. The number of carbonyl (C=O) groups excluding carboxylic acids is 2. The maximum Gasteiger partial charge on any atom is 0.308 e. The van der Waals surface area contributed by atoms with Crippen LogP contribution in [0.3, 0.4) is 0 Å². The van der Waals surface area contributed by atoms with Crippen molar-refractivity contribution in [2.75, 3.05) is 13.2 Å². The van der Waals surface area contributed by atoms with Gasteiger partial charge in [-0.2, -0.15) is 0 Å². The molecule has 132 valence electrons. The van der Waals surface area contributed by atoms with Crippen LogP contribution in [0.2, 0.25) is 0 Å². The van der Waals surface area contributed by atoms with Crippen molar-refractivity contribution in [3.8, 4) is 0 Å². The molecule has 0 heterocycles. The normalized spacial score (nSPS) is 12.6. The van der Waals surface area contributed by atoms with Gasteiger partial charge in [0.25, 0.3) is 0 Å². The third-order valence-corrected chi connectivity index (χ3v) is 2.66. The van der Waals surface area contributed by atoms with Gasteiger partial charge in [0, 0.05) is 0 Å². The van der Waals surface area contributed by atoms with Crippen LogP contribution in [0.5, 0.6) is 0 Å². The number of aliphatic hydroxyl groups excluding tert-OH is 2. The second kappa shape index (κ2) is 16.2. The second-order valence-corrected chi connectivity index (χ2v) is 4.90. The summed E-state index contributed by atoms with van der Waals surface area (Å²) in [5.74, 6) is -0.623. The first-order chi connectivity index (χ1) is 10.4. The highest BCUT2D eigenvalue weighted by Gasteiger charge is 2.10. The lowest BCUT2D eigenvalue weighted by atomic mass is 10.1. The standard InChI is InChI=1S/2C8H16O3/c2*1-3-5-7(9)6-8(10)11-4-2/h2*7,9H,3-6H2,1-2H3. The van der Waals surface area contributed by atoms with Crippen molar-refractivity contribution < 1.29 is 29.3 Å². The summed E-state index contributed by atoms with van der Waals surface area (Å²) in [4.78, 5) is 21.5. The van der Waals surface area contributed by atoms with E-state index < -0.39 is 12.2 Å². The molecular weight excluding hydrogens is 288 g/mol. The molecule has 2 N–H and O–H groups in total. The van der Waals surface area contributed by atoms with E-state index in [9.17, 15) is 9.59 Å². The molecule has 0 aliphatic heterocycles. The highest BCUT2D eigenvalue weighted by molar-refractivity contribution is 5.70. The lowest BCUT2D eigenvalue weighted by molar-refractivity contribution is -0.146. The number of aliphatic hydroxyl groups is 2. The minimum absolute atomic E-state index is 0.127. The maximum atomic E-state index is 10.7. The van der Waals surface area contributed by atoms with Crippen LogP contribution in [0.15, 0.2) is 0 Å². The van der Waals surface area contributed by atoms with Gasteiger partial charge in [0.2, 0.25) is 0 Å². The zero-order chi connectivity index (χ0) is 17.4. The van der Waals surface area contributed by atoms with Crippen molar-refractivity contribution >= 4 is 11.9 Å². The van der Waals surface area contributed by atoms with E-state index in [4.69, 9.17) is 10.2 Å². The van der Waals surface area contributed by atoms with Crippen molar-refractivity contribution in [1.29, 1.82) is 0 Å². The van der Waals surface area contributed by atoms with E-state index >= 15 is 0 Å². The number of ether oxygens (including phenoxy) is 2. The van der Waals surface area contributed by atoms with Crippen LogP contribution >= 0.6 is 0 Å². The van der Waals surface area contributed by atoms with Gasteiger partial charge < -0.3 is 19.7 Å². The molecule has 22 heavy (non-hydrogen) atoms. The smallest absolute Gasteiger partial charge is 0.308 e. The number of esters is 2. The largest absolute Gasteiger partial charge is 0.466 e. The lowest BCUT2D eigenvalue weighted by Gasteiger charge is -2.07. The van der Waals surface area contributed by atoms with Crippen molar-refractivity contribution in [2.45, 2.75) is 78.4 Å². The fraction of sp³-hybridized carbons (Fsp3) is 0.875. The van der Waals surface area contributed by atoms with Crippen LogP contribution in [0.4, 0.5) is 0 Å². The summed E-state index contributed by atoms with van der Waals surface area (Å²) >= 11 is 0. The minimum atomic E-state index is -0.529. The summed E-state index contributed by atoms with van der Waals surface area (Å²) in [6.45, 7) is 8.21. The lowest BCUT2D eigenvalue weighted by Crippen LogP contribution is -2.15. The Kier molecular flexibility index (Phi) is 17.1. The zero-order valence-corrected chi connectivity index (χ0v) is 14.3. The molecule has 0 saturated carbocycles. The molecule has 2 atom stereocenters. The van der Waals surface area contributed by atoms with E-state index in [1.807, 2.05) is 13.8 Å². The molecule has 0 spiro atoms. The van der Waals surface area contributed by atoms with Gasteiger partial charge in [0.15, 0.2) is 0 Å². The van der Waals surface area contributed by atoms with Crippen LogP contribution in [0.1, 0.15) is 66.2 Å². The molecule has 0 bridgehead atoms. The van der Waals surface area contributed by atoms with Crippen LogP contribution < -0.4 is 0 Å². The van der Waals surface area contributed by atoms with E-state index in [0.717, 1.165) is 12.8 Å². The Balaban J connectivity index is 0. The van der Waals surface area contributed by atoms with Gasteiger partial charge in [-0.1, -0.05) is 26.7 Å². The SMILES string of the molecule is CCCC(O)CC(=O)OCC.CCCC(O)CC(=O)OCC. The molecule has 0 amide bonds. The van der Waals surface area contributed by atoms with Crippen LogP contribution in [0, 0.1) is 0 Å². The van der Waals surface area contributed by atoms with Crippen molar-refractivity contribution in [3.63, 3.8) is 0 Å². The summed E-state index contributed by atoms with van der Waals surface area (Å²) in [6.07, 6.45) is 2.31. The summed E-state index contributed by atoms with van der Waals surface area (Å²) in [5, 5.41) is 18.3. The monoisotopic (exact) mass is 320 g/mol. The Morgan fingerprint density at radius 2 is 1.09 bits per heavy atom. The van der Waals surface area contributed by atoms with Crippen molar-refractivity contribution in [2.24, 2.45) is 0 Å². The molecule has 0 aromatic carbocycles. The predicted octanol–water partition coefficient (Wildman–Crippen LogP) is 2.20. The molecule has 0 aliphatic rings. The fourth-order valence-corrected chi connectivity index (χ4v) is 1.70. The molecule has 0 aliphatic carbocycles. The van der Waals surface area contributed by atoms with Gasteiger partial charge in [-0.15, -0.1) is 0 Å². The third-order valence-electron chi connectivity index (χ3n) is 2.66. The maximum absolute atomic E-state index is 10.7. The highest BCUT2D eigenvalue weighted by Crippen LogP contribution is 2.02. The van der Waals surface area contributed by atoms with E-state index in [-0.39, 0.29) is 24.8 Å². The molecule has 0 radical (unpaired) electrons. The molecular formula is C16H32O6. The summed E-state index contributed by atoms with van der Waals surface area (Å²) in [7, 11) is 0. The van der Waals surface area contributed by atoms with E-state index in [1.165, 1.54) is 0 Å². The van der Waals surface area contributed by atoms with Crippen LogP contribution in [-0.2, 0) is 19.1 Å². The average Bonchev–Trinajstić information content (AvgIpc) is 2.40.